The average Bonchev–Trinajstić information content (AvgIpc) is 2.76. The van der Waals surface area contributed by atoms with E-state index < -0.39 is 0 Å². The van der Waals surface area contributed by atoms with Gasteiger partial charge in [-0.3, -0.25) is 4.79 Å². The van der Waals surface area contributed by atoms with Crippen LogP contribution < -0.4 is 0 Å². The lowest BCUT2D eigenvalue weighted by atomic mass is 10.00. The number of hydrogen-bond acceptors (Lipinski definition) is 2. The van der Waals surface area contributed by atoms with E-state index in [1.54, 1.807) is 12.5 Å². The van der Waals surface area contributed by atoms with E-state index in [0.717, 1.165) is 31.1 Å². The molecule has 4 nitrogen and oxygen atoms in total. The van der Waals surface area contributed by atoms with Crippen molar-refractivity contribution < 1.29 is 4.79 Å². The molecule has 0 saturated carbocycles. The minimum Gasteiger partial charge on any atom is -0.340 e. The number of carbonyl (C=O) groups excluding carboxylic acids is 1. The molecule has 5 heteroatoms. The van der Waals surface area contributed by atoms with Crippen LogP contribution >= 0.6 is 15.9 Å². The number of aromatic nitrogens is 2. The number of aryl methyl sites for hydroxylation is 1. The fourth-order valence-corrected chi connectivity index (χ4v) is 2.89. The smallest absolute Gasteiger partial charge is 0.274 e. The summed E-state index contributed by atoms with van der Waals surface area (Å²) in [6, 6.07) is 0.373. The minimum atomic E-state index is 0.0799. The van der Waals surface area contributed by atoms with Crippen LogP contribution in [-0.4, -0.2) is 38.3 Å². The van der Waals surface area contributed by atoms with E-state index >= 15 is 0 Å². The molecule has 1 saturated heterocycles. The van der Waals surface area contributed by atoms with Gasteiger partial charge in [0, 0.05) is 31.2 Å². The summed E-state index contributed by atoms with van der Waals surface area (Å²) >= 11 is 3.46. The SMILES string of the molecule is Cn1cnc(C(=O)N2CCCCC2CCBr)c1. The van der Waals surface area contributed by atoms with Gasteiger partial charge in [-0.1, -0.05) is 15.9 Å². The van der Waals surface area contributed by atoms with Crippen LogP contribution in [0.2, 0.25) is 0 Å². The maximum Gasteiger partial charge on any atom is 0.274 e. The molecule has 2 rings (SSSR count). The fourth-order valence-electron chi connectivity index (χ4n) is 2.36. The van der Waals surface area contributed by atoms with Crippen LogP contribution in [0.4, 0.5) is 0 Å². The van der Waals surface area contributed by atoms with Crippen molar-refractivity contribution in [3.8, 4) is 0 Å². The molecule has 1 aliphatic rings. The molecule has 0 radical (unpaired) electrons. The van der Waals surface area contributed by atoms with E-state index in [-0.39, 0.29) is 5.91 Å². The number of likely N-dealkylation sites (tertiary alicyclic amines) is 1. The molecule has 1 aromatic rings. The highest BCUT2D eigenvalue weighted by Crippen LogP contribution is 2.22. The molecule has 0 spiro atoms. The van der Waals surface area contributed by atoms with Crippen LogP contribution in [0, 0.1) is 0 Å². The molecule has 1 amide bonds. The quantitative estimate of drug-likeness (QED) is 0.803. The largest absolute Gasteiger partial charge is 0.340 e. The first-order chi connectivity index (χ1) is 8.22. The van der Waals surface area contributed by atoms with Crippen molar-refractivity contribution in [3.05, 3.63) is 18.2 Å². The fraction of sp³-hybridized carbons (Fsp3) is 0.667. The molecule has 17 heavy (non-hydrogen) atoms. The zero-order valence-corrected chi connectivity index (χ0v) is 11.7. The van der Waals surface area contributed by atoms with Gasteiger partial charge in [-0.05, 0) is 25.7 Å². The average molecular weight is 300 g/mol. The zero-order valence-electron chi connectivity index (χ0n) is 10.1. The Bertz CT molecular complexity index is 389. The maximum absolute atomic E-state index is 12.3. The second-order valence-electron chi connectivity index (χ2n) is 4.55. The summed E-state index contributed by atoms with van der Waals surface area (Å²) in [6.45, 7) is 0.868. The Morgan fingerprint density at radius 1 is 1.59 bits per heavy atom. The molecule has 0 aliphatic carbocycles. The van der Waals surface area contributed by atoms with Crippen LogP contribution in [0.15, 0.2) is 12.5 Å². The van der Waals surface area contributed by atoms with Gasteiger partial charge in [-0.15, -0.1) is 0 Å². The van der Waals surface area contributed by atoms with Crippen molar-refractivity contribution in [2.24, 2.45) is 7.05 Å². The summed E-state index contributed by atoms with van der Waals surface area (Å²) in [5, 5.41) is 0.948. The Balaban J connectivity index is 2.10. The highest BCUT2D eigenvalue weighted by atomic mass is 79.9. The monoisotopic (exact) mass is 299 g/mol. The highest BCUT2D eigenvalue weighted by Gasteiger charge is 2.27. The van der Waals surface area contributed by atoms with Crippen molar-refractivity contribution >= 4 is 21.8 Å². The number of carbonyl (C=O) groups is 1. The molecule has 94 valence electrons. The molecule has 0 bridgehead atoms. The van der Waals surface area contributed by atoms with Gasteiger partial charge in [0.25, 0.3) is 5.91 Å². The molecule has 1 aromatic heterocycles. The maximum atomic E-state index is 12.3. The van der Waals surface area contributed by atoms with Crippen molar-refractivity contribution in [1.82, 2.24) is 14.5 Å². The number of rotatable bonds is 3. The molecule has 0 aromatic carbocycles. The van der Waals surface area contributed by atoms with Crippen LogP contribution in [0.25, 0.3) is 0 Å². The van der Waals surface area contributed by atoms with E-state index in [9.17, 15) is 4.79 Å². The molecular weight excluding hydrogens is 282 g/mol. The van der Waals surface area contributed by atoms with Crippen LogP contribution in [-0.2, 0) is 7.05 Å². The van der Waals surface area contributed by atoms with E-state index in [0.29, 0.717) is 11.7 Å². The predicted molar refractivity (Wildman–Crippen MR) is 70.3 cm³/mol. The van der Waals surface area contributed by atoms with Crippen molar-refractivity contribution in [2.45, 2.75) is 31.7 Å². The first-order valence-electron chi connectivity index (χ1n) is 6.07. The number of piperidine rings is 1. The number of imidazole rings is 1. The van der Waals surface area contributed by atoms with Crippen LogP contribution in [0.5, 0.6) is 0 Å². The molecule has 1 atom stereocenters. The Morgan fingerprint density at radius 2 is 2.41 bits per heavy atom. The summed E-state index contributed by atoms with van der Waals surface area (Å²) in [5.74, 6) is 0.0799. The van der Waals surface area contributed by atoms with Crippen molar-refractivity contribution in [2.75, 3.05) is 11.9 Å². The van der Waals surface area contributed by atoms with E-state index in [1.807, 2.05) is 16.5 Å². The number of halogens is 1. The van der Waals surface area contributed by atoms with Gasteiger partial charge in [0.2, 0.25) is 0 Å². The molecular formula is C12H18BrN3O. The standard InChI is InChI=1S/C12H18BrN3O/c1-15-8-11(14-9-15)12(17)16-7-3-2-4-10(16)5-6-13/h8-10H,2-7H2,1H3. The topological polar surface area (TPSA) is 38.1 Å². The van der Waals surface area contributed by atoms with Crippen LogP contribution in [0.1, 0.15) is 36.2 Å². The number of alkyl halides is 1. The van der Waals surface area contributed by atoms with Gasteiger partial charge in [0.15, 0.2) is 0 Å². The number of hydrogen-bond donors (Lipinski definition) is 0. The van der Waals surface area contributed by atoms with E-state index in [1.165, 1.54) is 6.42 Å². The summed E-state index contributed by atoms with van der Waals surface area (Å²) in [4.78, 5) is 18.5. The van der Waals surface area contributed by atoms with Gasteiger partial charge in [-0.25, -0.2) is 4.98 Å². The molecule has 1 aliphatic heterocycles. The Morgan fingerprint density at radius 3 is 3.06 bits per heavy atom. The lowest BCUT2D eigenvalue weighted by molar-refractivity contribution is 0.0604. The second kappa shape index (κ2) is 5.67. The normalized spacial score (nSPS) is 20.6. The highest BCUT2D eigenvalue weighted by molar-refractivity contribution is 9.09. The first-order valence-corrected chi connectivity index (χ1v) is 7.19. The van der Waals surface area contributed by atoms with Crippen LogP contribution in [0.3, 0.4) is 0 Å². The third-order valence-electron chi connectivity index (χ3n) is 3.25. The summed E-state index contributed by atoms with van der Waals surface area (Å²) in [6.07, 6.45) is 7.95. The lowest BCUT2D eigenvalue weighted by Crippen LogP contribution is -2.44. The third kappa shape index (κ3) is 2.89. The van der Waals surface area contributed by atoms with Gasteiger partial charge in [0.1, 0.15) is 5.69 Å². The van der Waals surface area contributed by atoms with E-state index in [2.05, 4.69) is 20.9 Å². The number of nitrogens with zero attached hydrogens (tertiary/aromatic N) is 3. The summed E-state index contributed by atoms with van der Waals surface area (Å²) in [7, 11) is 1.88. The Hall–Kier alpha value is -0.840. The minimum absolute atomic E-state index is 0.0799. The van der Waals surface area contributed by atoms with Crippen molar-refractivity contribution in [1.29, 1.82) is 0 Å². The third-order valence-corrected chi connectivity index (χ3v) is 3.71. The van der Waals surface area contributed by atoms with Gasteiger partial charge < -0.3 is 9.47 Å². The second-order valence-corrected chi connectivity index (χ2v) is 5.34. The molecule has 1 fully saturated rings. The lowest BCUT2D eigenvalue weighted by Gasteiger charge is -2.35. The number of amides is 1. The summed E-state index contributed by atoms with van der Waals surface area (Å²) in [5.41, 5.74) is 0.564. The van der Waals surface area contributed by atoms with Gasteiger partial charge in [-0.2, -0.15) is 0 Å². The predicted octanol–water partition coefficient (Wildman–Crippen LogP) is 2.20. The molecule has 0 N–H and O–H groups in total. The molecule has 2 heterocycles. The zero-order chi connectivity index (χ0) is 12.3. The first kappa shape index (κ1) is 12.6. The van der Waals surface area contributed by atoms with E-state index in [4.69, 9.17) is 0 Å². The van der Waals surface area contributed by atoms with Gasteiger partial charge in [0.05, 0.1) is 6.33 Å². The Kier molecular flexibility index (Phi) is 4.20. The Labute approximate surface area is 110 Å². The van der Waals surface area contributed by atoms with Gasteiger partial charge >= 0.3 is 0 Å². The summed E-state index contributed by atoms with van der Waals surface area (Å²) < 4.78 is 1.82. The van der Waals surface area contributed by atoms with Crippen molar-refractivity contribution in [3.63, 3.8) is 0 Å². The molecule has 1 unspecified atom stereocenters.